The molecule has 6 nitrogen and oxygen atoms in total. The molecule has 1 heterocycles. The van der Waals surface area contributed by atoms with Gasteiger partial charge in [0.2, 0.25) is 11.8 Å². The molecule has 1 aliphatic heterocycles. The van der Waals surface area contributed by atoms with E-state index in [1.54, 1.807) is 43.5 Å². The first-order chi connectivity index (χ1) is 15.6. The van der Waals surface area contributed by atoms with Gasteiger partial charge in [-0.2, -0.15) is 0 Å². The molecule has 6 atom stereocenters. The van der Waals surface area contributed by atoms with Crippen LogP contribution in [-0.4, -0.2) is 36.4 Å². The smallest absolute Gasteiger partial charge is 0.259 e. The van der Waals surface area contributed by atoms with Gasteiger partial charge >= 0.3 is 0 Å². The number of allylic oxidation sites excluding steroid dienone is 2. The van der Waals surface area contributed by atoms with Gasteiger partial charge in [-0.1, -0.05) is 42.5 Å². The number of hydrogen-bond donors (Lipinski definition) is 0. The fourth-order valence-corrected chi connectivity index (χ4v) is 6.14. The third-order valence-electron chi connectivity index (χ3n) is 7.68. The van der Waals surface area contributed by atoms with Gasteiger partial charge in [0.1, 0.15) is 12.4 Å². The number of likely N-dealkylation sites (tertiary alicyclic amines) is 1. The molecule has 4 aliphatic carbocycles. The number of benzene rings is 2. The third kappa shape index (κ3) is 2.68. The number of nitrogens with zero attached hydrogens (tertiary/aromatic N) is 2. The Labute approximate surface area is 186 Å². The molecule has 3 amide bonds. The summed E-state index contributed by atoms with van der Waals surface area (Å²) < 4.78 is 5.50. The van der Waals surface area contributed by atoms with Gasteiger partial charge in [-0.25, -0.2) is 0 Å². The number of ether oxygens (including phenoxy) is 1. The Hall–Kier alpha value is -3.41. The third-order valence-corrected chi connectivity index (χ3v) is 7.68. The van der Waals surface area contributed by atoms with E-state index in [0.29, 0.717) is 28.8 Å². The van der Waals surface area contributed by atoms with E-state index < -0.39 is 0 Å². The molecule has 2 aromatic rings. The number of carbonyl (C=O) groups excluding carboxylic acids is 3. The Bertz CT molecular complexity index is 1110. The molecule has 0 unspecified atom stereocenters. The molecular formula is C26H24N2O4. The zero-order valence-electron chi connectivity index (χ0n) is 17.8. The van der Waals surface area contributed by atoms with Crippen molar-refractivity contribution in [2.75, 3.05) is 18.7 Å². The molecule has 32 heavy (non-hydrogen) atoms. The molecule has 2 saturated carbocycles. The van der Waals surface area contributed by atoms with Crippen LogP contribution in [0.3, 0.4) is 0 Å². The monoisotopic (exact) mass is 428 g/mol. The maximum absolute atomic E-state index is 13.5. The second-order valence-corrected chi connectivity index (χ2v) is 9.17. The van der Waals surface area contributed by atoms with Crippen molar-refractivity contribution in [2.45, 2.75) is 6.42 Å². The first-order valence-corrected chi connectivity index (χ1v) is 11.1. The number of para-hydroxylation sites is 2. The first kappa shape index (κ1) is 19.3. The number of amides is 3. The number of anilines is 1. The van der Waals surface area contributed by atoms with Crippen molar-refractivity contribution in [1.29, 1.82) is 0 Å². The van der Waals surface area contributed by atoms with Crippen molar-refractivity contribution in [3.05, 3.63) is 72.3 Å². The highest BCUT2D eigenvalue weighted by Crippen LogP contribution is 2.65. The molecule has 2 bridgehead atoms. The molecule has 0 N–H and O–H groups in total. The lowest BCUT2D eigenvalue weighted by Gasteiger charge is -2.37. The molecule has 0 aromatic heterocycles. The van der Waals surface area contributed by atoms with E-state index in [2.05, 4.69) is 12.2 Å². The Morgan fingerprint density at radius 1 is 0.938 bits per heavy atom. The van der Waals surface area contributed by atoms with Crippen molar-refractivity contribution in [3.63, 3.8) is 0 Å². The van der Waals surface area contributed by atoms with Gasteiger partial charge in [-0.3, -0.25) is 24.2 Å². The molecule has 3 fully saturated rings. The van der Waals surface area contributed by atoms with E-state index in [4.69, 9.17) is 4.74 Å². The number of methoxy groups -OCH3 is 1. The molecular weight excluding hydrogens is 404 g/mol. The summed E-state index contributed by atoms with van der Waals surface area (Å²) in [5, 5.41) is 0. The quantitative estimate of drug-likeness (QED) is 0.541. The van der Waals surface area contributed by atoms with Gasteiger partial charge < -0.3 is 4.74 Å². The van der Waals surface area contributed by atoms with Crippen molar-refractivity contribution < 1.29 is 19.1 Å². The van der Waals surface area contributed by atoms with E-state index in [-0.39, 0.29) is 48.1 Å². The maximum atomic E-state index is 13.5. The molecule has 1 saturated heterocycles. The summed E-state index contributed by atoms with van der Waals surface area (Å²) in [5.74, 6) is 0.752. The second kappa shape index (κ2) is 7.05. The minimum Gasteiger partial charge on any atom is -0.495 e. The van der Waals surface area contributed by atoms with E-state index in [1.165, 1.54) is 9.80 Å². The minimum absolute atomic E-state index is 0.118. The van der Waals surface area contributed by atoms with Crippen LogP contribution in [0.5, 0.6) is 5.75 Å². The molecule has 0 spiro atoms. The van der Waals surface area contributed by atoms with E-state index >= 15 is 0 Å². The number of hydrogen-bond acceptors (Lipinski definition) is 4. The van der Waals surface area contributed by atoms with Crippen molar-refractivity contribution >= 4 is 23.4 Å². The average Bonchev–Trinajstić information content (AvgIpc) is 3.62. The van der Waals surface area contributed by atoms with Crippen LogP contribution in [0.4, 0.5) is 5.69 Å². The van der Waals surface area contributed by atoms with Gasteiger partial charge in [0.25, 0.3) is 5.91 Å². The van der Waals surface area contributed by atoms with Crippen LogP contribution in [0.25, 0.3) is 0 Å². The normalized spacial score (nSPS) is 31.3. The summed E-state index contributed by atoms with van der Waals surface area (Å²) in [6, 6.07) is 16.1. The summed E-state index contributed by atoms with van der Waals surface area (Å²) in [6.07, 6.45) is 5.43. The lowest BCUT2D eigenvalue weighted by Crippen LogP contribution is -2.45. The lowest BCUT2D eigenvalue weighted by molar-refractivity contribution is -0.140. The molecule has 0 radical (unpaired) electrons. The van der Waals surface area contributed by atoms with Crippen LogP contribution in [0, 0.1) is 35.5 Å². The van der Waals surface area contributed by atoms with Gasteiger partial charge in [0.05, 0.1) is 24.6 Å². The molecule has 7 rings (SSSR count). The number of rotatable bonds is 5. The second-order valence-electron chi connectivity index (χ2n) is 9.17. The SMILES string of the molecule is COc1ccccc1N(CN1C(=O)[C@H]2[C@@H]3C=C[C@@H]([C@H]4C[C@H]34)[C@@H]2C1=O)C(=O)c1ccccc1. The van der Waals surface area contributed by atoms with Crippen LogP contribution in [0.2, 0.25) is 0 Å². The highest BCUT2D eigenvalue weighted by atomic mass is 16.5. The van der Waals surface area contributed by atoms with Gasteiger partial charge in [0.15, 0.2) is 0 Å². The van der Waals surface area contributed by atoms with Crippen LogP contribution in [-0.2, 0) is 9.59 Å². The Morgan fingerprint density at radius 2 is 1.53 bits per heavy atom. The first-order valence-electron chi connectivity index (χ1n) is 11.1. The standard InChI is InChI=1S/C26H24N2O4/c1-32-21-10-6-5-9-20(21)27(24(29)15-7-3-2-4-8-15)14-28-25(30)22-16-11-12-17(19-13-18(16)19)23(22)26(28)31/h2-12,16-19,22-23H,13-14H2,1H3/t16-,17+,18-,19-,22+,23+/m1/s1. The molecule has 162 valence electrons. The van der Waals surface area contributed by atoms with Crippen molar-refractivity contribution in [3.8, 4) is 5.75 Å². The fourth-order valence-electron chi connectivity index (χ4n) is 6.14. The topological polar surface area (TPSA) is 66.9 Å². The van der Waals surface area contributed by atoms with Gasteiger partial charge in [0, 0.05) is 5.56 Å². The highest BCUT2D eigenvalue weighted by molar-refractivity contribution is 6.10. The van der Waals surface area contributed by atoms with Gasteiger partial charge in [-0.05, 0) is 54.4 Å². The highest BCUT2D eigenvalue weighted by Gasteiger charge is 2.67. The number of carbonyl (C=O) groups is 3. The number of imide groups is 1. The van der Waals surface area contributed by atoms with Gasteiger partial charge in [-0.15, -0.1) is 0 Å². The Balaban J connectivity index is 1.36. The largest absolute Gasteiger partial charge is 0.495 e. The van der Waals surface area contributed by atoms with Crippen LogP contribution >= 0.6 is 0 Å². The minimum atomic E-state index is -0.285. The summed E-state index contributed by atoms with van der Waals surface area (Å²) >= 11 is 0. The summed E-state index contributed by atoms with van der Waals surface area (Å²) in [6.45, 7) is -0.118. The van der Waals surface area contributed by atoms with Crippen LogP contribution in [0.15, 0.2) is 66.7 Å². The summed E-state index contributed by atoms with van der Waals surface area (Å²) in [4.78, 5) is 43.3. The summed E-state index contributed by atoms with van der Waals surface area (Å²) in [5.41, 5.74) is 1.01. The predicted octanol–water partition coefficient (Wildman–Crippen LogP) is 3.35. The molecule has 2 aromatic carbocycles. The molecule has 6 heteroatoms. The average molecular weight is 428 g/mol. The van der Waals surface area contributed by atoms with Crippen LogP contribution < -0.4 is 9.64 Å². The van der Waals surface area contributed by atoms with Crippen molar-refractivity contribution in [1.82, 2.24) is 4.90 Å². The summed E-state index contributed by atoms with van der Waals surface area (Å²) in [7, 11) is 1.54. The van der Waals surface area contributed by atoms with Crippen LogP contribution in [0.1, 0.15) is 16.8 Å². The fraction of sp³-hybridized carbons (Fsp3) is 0.346. The Kier molecular flexibility index (Phi) is 4.25. The molecule has 5 aliphatic rings. The van der Waals surface area contributed by atoms with E-state index in [1.807, 2.05) is 18.2 Å². The van der Waals surface area contributed by atoms with E-state index in [9.17, 15) is 14.4 Å². The zero-order chi connectivity index (χ0) is 22.0. The maximum Gasteiger partial charge on any atom is 0.259 e. The zero-order valence-corrected chi connectivity index (χ0v) is 17.8. The van der Waals surface area contributed by atoms with Crippen molar-refractivity contribution in [2.24, 2.45) is 35.5 Å². The Morgan fingerprint density at radius 3 is 2.16 bits per heavy atom. The van der Waals surface area contributed by atoms with E-state index in [0.717, 1.165) is 6.42 Å². The lowest BCUT2D eigenvalue weighted by atomic mass is 9.63. The predicted molar refractivity (Wildman–Crippen MR) is 118 cm³/mol.